The van der Waals surface area contributed by atoms with Crippen molar-refractivity contribution in [2.24, 2.45) is 11.8 Å². The van der Waals surface area contributed by atoms with Crippen LogP contribution in [0.3, 0.4) is 0 Å². The molecule has 6 atom stereocenters. The Kier molecular flexibility index (Phi) is 23.0. The van der Waals surface area contributed by atoms with E-state index in [0.29, 0.717) is 73.2 Å². The van der Waals surface area contributed by atoms with Gasteiger partial charge in [-0.25, -0.2) is 9.97 Å². The van der Waals surface area contributed by atoms with Crippen molar-refractivity contribution in [2.45, 2.75) is 139 Å². The van der Waals surface area contributed by atoms with Crippen molar-refractivity contribution in [1.29, 1.82) is 0 Å². The van der Waals surface area contributed by atoms with Crippen LogP contribution in [0.15, 0.2) is 60.7 Å². The molecule has 5 aliphatic rings. The third-order valence-electron chi connectivity index (χ3n) is 19.0. The zero-order valence-corrected chi connectivity index (χ0v) is 53.7. The Morgan fingerprint density at radius 3 is 1.20 bits per heavy atom. The van der Waals surface area contributed by atoms with Gasteiger partial charge < -0.3 is 71.5 Å². The quantitative estimate of drug-likeness (QED) is 0.134. The van der Waals surface area contributed by atoms with E-state index in [4.69, 9.17) is 0 Å². The molecule has 0 spiro atoms. The molecule has 0 radical (unpaired) electrons. The maximum Gasteiger partial charge on any atom is 0.274 e. The van der Waals surface area contributed by atoms with Gasteiger partial charge in [0.05, 0.1) is 37.2 Å². The second-order valence-electron chi connectivity index (χ2n) is 25.4. The number of carbonyl (C=O) groups excluding carboxylic acids is 12. The minimum Gasteiger partial charge on any atom is -0.505 e. The fraction of sp³-hybridized carbons (Fsp3) is 0.545. The number of nitrogens with one attached hydrogen (secondary N) is 6. The zero-order chi connectivity index (χ0) is 67.3. The maximum absolute atomic E-state index is 15.0. The van der Waals surface area contributed by atoms with Crippen molar-refractivity contribution in [1.82, 2.24) is 71.3 Å². The van der Waals surface area contributed by atoms with Gasteiger partial charge in [0.2, 0.25) is 59.1 Å². The Bertz CT molecular complexity index is 3310. The van der Waals surface area contributed by atoms with Crippen LogP contribution in [0.25, 0.3) is 21.8 Å². The van der Waals surface area contributed by atoms with E-state index in [9.17, 15) is 58.2 Å². The number of likely N-dealkylation sites (N-methyl/N-ethyl adjacent to an activating group) is 4. The summed E-state index contributed by atoms with van der Waals surface area (Å²) in [4.78, 5) is 189. The van der Waals surface area contributed by atoms with E-state index in [0.717, 1.165) is 48.3 Å². The fourth-order valence-corrected chi connectivity index (χ4v) is 13.6. The highest BCUT2D eigenvalue weighted by Crippen LogP contribution is 2.32. The lowest BCUT2D eigenvalue weighted by Gasteiger charge is -2.38. The first-order valence-corrected chi connectivity index (χ1v) is 32.6. The number of aromatic nitrogens is 2. The Morgan fingerprint density at radius 1 is 0.457 bits per heavy atom. The predicted molar refractivity (Wildman–Crippen MR) is 342 cm³/mol. The summed E-state index contributed by atoms with van der Waals surface area (Å²) in [6, 6.07) is 8.32. The number of hydrogen-bond acceptors (Lipinski definition) is 16. The Morgan fingerprint density at radius 2 is 0.819 bits per heavy atom. The molecule has 94 heavy (non-hydrogen) atoms. The number of piperidine rings is 2. The van der Waals surface area contributed by atoms with Crippen molar-refractivity contribution in [3.05, 3.63) is 72.1 Å². The topological polar surface area (TPSA) is 363 Å². The van der Waals surface area contributed by atoms with Gasteiger partial charge in [0, 0.05) is 65.1 Å². The van der Waals surface area contributed by atoms with Gasteiger partial charge in [-0.15, -0.1) is 0 Å². The van der Waals surface area contributed by atoms with E-state index in [1.807, 2.05) is 0 Å². The van der Waals surface area contributed by atoms with Crippen molar-refractivity contribution in [2.75, 3.05) is 80.5 Å². The van der Waals surface area contributed by atoms with Crippen LogP contribution in [-0.4, -0.2) is 237 Å². The number of pyridine rings is 2. The smallest absolute Gasteiger partial charge is 0.274 e. The molecule has 504 valence electrons. The standard InChI is InChI=1S/C66H86N14O14/c1-75-37-53(85)77(3)57(39-19-7-5-8-20-39)63(91)67-33-45(73-61(89)55-49(81)31-41-23-11-13-25-43(41)71-55)66(94)80-30-18-16-28-48(80)60(88)70-36-52(84)76(2)38-54(86)78(4)58(40-21-9-6-10-22-40)64(92)68-34-46(65(93)79-29-17-15-27-47(79)59(87)69-35-51(75)83)74-62(90)56-50(82)32-42-24-12-14-26-44(42)72-56/h11-14,23-26,31-32,39-40,45-48,57-58,81-82H,5-10,15-22,27-30,33-38H2,1-4H3,(H,67,91)(H,68,92)(H,69,87)(H,70,88)(H,73,89)(H,74,90)/t45-,46-,47+,48+,57+,58+/m1/s1. The molecule has 5 heterocycles. The lowest BCUT2D eigenvalue weighted by Crippen LogP contribution is -2.62. The SMILES string of the molecule is CN1CC(=O)N(C)[C@@H](C2CCCCC2)C(=O)NC[C@@H](NC(=O)c2nc3ccccc3cc2O)C(=O)N2CCCC[C@H]2C(=O)NCC(=O)N(C)CC(=O)N(C)[C@@H](C2CCCCC2)C(=O)NC[C@@H](NC(=O)c2nc3ccccc3cc2O)C(=O)N2CCCC[C@H]2C(=O)NCC1=O. The van der Waals surface area contributed by atoms with Gasteiger partial charge >= 0.3 is 0 Å². The molecule has 2 aromatic heterocycles. The lowest BCUT2D eigenvalue weighted by molar-refractivity contribution is -0.147. The van der Waals surface area contributed by atoms with Gasteiger partial charge in [0.25, 0.3) is 11.8 Å². The van der Waals surface area contributed by atoms with Gasteiger partial charge in [0.15, 0.2) is 11.4 Å². The van der Waals surface area contributed by atoms with Crippen LogP contribution >= 0.6 is 0 Å². The molecular formula is C66H86N14O14. The minimum absolute atomic E-state index is 0.0248. The average molecular weight is 1300 g/mol. The Labute approximate surface area is 544 Å². The fourth-order valence-electron chi connectivity index (χ4n) is 13.6. The number of amides is 12. The lowest BCUT2D eigenvalue weighted by atomic mass is 9.82. The number of carbonyl (C=O) groups is 12. The summed E-state index contributed by atoms with van der Waals surface area (Å²) in [7, 11) is 5.54. The number of hydrogen-bond donors (Lipinski definition) is 8. The molecule has 2 aliphatic carbocycles. The van der Waals surface area contributed by atoms with E-state index in [1.165, 1.54) is 59.9 Å². The number of para-hydroxylation sites is 2. The molecule has 2 saturated carbocycles. The molecular weight excluding hydrogens is 1210 g/mol. The van der Waals surface area contributed by atoms with Crippen molar-refractivity contribution < 1.29 is 67.7 Å². The maximum atomic E-state index is 15.0. The van der Waals surface area contributed by atoms with Gasteiger partial charge in [-0.1, -0.05) is 74.9 Å². The highest BCUT2D eigenvalue weighted by molar-refractivity contribution is 6.03. The summed E-state index contributed by atoms with van der Waals surface area (Å²) >= 11 is 0. The summed E-state index contributed by atoms with van der Waals surface area (Å²) in [5.74, 6) is -10.8. The van der Waals surface area contributed by atoms with E-state index >= 15 is 9.59 Å². The molecule has 4 aromatic rings. The molecule has 28 nitrogen and oxygen atoms in total. The molecule has 9 rings (SSSR count). The largest absolute Gasteiger partial charge is 0.505 e. The van der Waals surface area contributed by atoms with Gasteiger partial charge in [0.1, 0.15) is 47.8 Å². The summed E-state index contributed by atoms with van der Waals surface area (Å²) < 4.78 is 0. The third-order valence-corrected chi connectivity index (χ3v) is 19.0. The van der Waals surface area contributed by atoms with Crippen molar-refractivity contribution in [3.63, 3.8) is 0 Å². The minimum atomic E-state index is -1.59. The molecule has 28 heteroatoms. The normalized spacial score (nSPS) is 24.5. The van der Waals surface area contributed by atoms with Gasteiger partial charge in [-0.05, 0) is 100 Å². The summed E-state index contributed by atoms with van der Waals surface area (Å²) in [6.07, 6.45) is 9.08. The van der Waals surface area contributed by atoms with E-state index < -0.39 is 169 Å². The van der Waals surface area contributed by atoms with Crippen molar-refractivity contribution in [3.8, 4) is 11.5 Å². The second-order valence-corrected chi connectivity index (χ2v) is 25.4. The molecule has 0 unspecified atom stereocenters. The van der Waals surface area contributed by atoms with Crippen LogP contribution < -0.4 is 31.9 Å². The van der Waals surface area contributed by atoms with Gasteiger partial charge in [-0.2, -0.15) is 0 Å². The molecule has 12 amide bonds. The predicted octanol–water partition coefficient (Wildman–Crippen LogP) is 1.06. The van der Waals surface area contributed by atoms with E-state index in [2.05, 4.69) is 41.9 Å². The first-order chi connectivity index (χ1) is 45.1. The van der Waals surface area contributed by atoms with Crippen LogP contribution in [0.5, 0.6) is 11.5 Å². The number of fused-ring (bicyclic) bond motifs is 4. The number of nitrogens with zero attached hydrogens (tertiary/aromatic N) is 8. The molecule has 0 bridgehead atoms. The number of aromatic hydroxyl groups is 2. The van der Waals surface area contributed by atoms with Crippen molar-refractivity contribution >= 4 is 92.7 Å². The number of benzene rings is 2. The average Bonchev–Trinajstić information content (AvgIpc) is 0.921. The summed E-state index contributed by atoms with van der Waals surface area (Å²) in [5, 5.41) is 39.3. The number of rotatable bonds is 6. The Balaban J connectivity index is 1.01. The highest BCUT2D eigenvalue weighted by Gasteiger charge is 2.43. The van der Waals surface area contributed by atoms with Crippen LogP contribution in [0.4, 0.5) is 0 Å². The van der Waals surface area contributed by atoms with Crippen LogP contribution in [0.2, 0.25) is 0 Å². The second kappa shape index (κ2) is 31.4. The monoisotopic (exact) mass is 1300 g/mol. The highest BCUT2D eigenvalue weighted by atomic mass is 16.3. The first-order valence-electron chi connectivity index (χ1n) is 32.6. The summed E-state index contributed by atoms with van der Waals surface area (Å²) in [6.45, 7) is -3.40. The third kappa shape index (κ3) is 16.5. The molecule has 8 N–H and O–H groups in total. The molecule has 3 aliphatic heterocycles. The Hall–Kier alpha value is -9.50. The molecule has 2 aromatic carbocycles. The van der Waals surface area contributed by atoms with E-state index in [1.54, 1.807) is 48.5 Å². The van der Waals surface area contributed by atoms with Crippen LogP contribution in [-0.2, 0) is 47.9 Å². The zero-order valence-electron chi connectivity index (χ0n) is 53.7. The van der Waals surface area contributed by atoms with E-state index in [-0.39, 0.29) is 37.8 Å². The van der Waals surface area contributed by atoms with Gasteiger partial charge in [-0.3, -0.25) is 57.5 Å². The first kappa shape index (κ1) is 68.9. The van der Waals surface area contributed by atoms with Crippen LogP contribution in [0.1, 0.15) is 124 Å². The molecule has 3 saturated heterocycles. The molecule has 5 fully saturated rings. The van der Waals surface area contributed by atoms with Crippen LogP contribution in [0, 0.1) is 11.8 Å². The summed E-state index contributed by atoms with van der Waals surface area (Å²) in [5.41, 5.74) is -0.121.